The standard InChI is InChI=1S/C12H13BrClF3O2/c13-10-2-3-11(9(6-10)7-14)19-5-1-4-18-8-12(15,16)17/h2-3,6H,1,4-5,7-8H2. The van der Waals surface area contributed by atoms with Crippen LogP contribution < -0.4 is 4.74 Å². The largest absolute Gasteiger partial charge is 0.493 e. The van der Waals surface area contributed by atoms with Crippen LogP contribution in [-0.2, 0) is 10.6 Å². The summed E-state index contributed by atoms with van der Waals surface area (Å²) >= 11 is 9.08. The van der Waals surface area contributed by atoms with Crippen molar-refractivity contribution in [2.45, 2.75) is 18.5 Å². The van der Waals surface area contributed by atoms with Crippen LogP contribution in [0.3, 0.4) is 0 Å². The van der Waals surface area contributed by atoms with Crippen LogP contribution in [0.2, 0.25) is 0 Å². The molecule has 0 aliphatic carbocycles. The predicted octanol–water partition coefficient (Wildman–Crippen LogP) is 4.54. The first-order valence-electron chi connectivity index (χ1n) is 5.54. The zero-order valence-electron chi connectivity index (χ0n) is 9.97. The second kappa shape index (κ2) is 7.97. The maximum absolute atomic E-state index is 11.8. The van der Waals surface area contributed by atoms with Gasteiger partial charge in [0.1, 0.15) is 12.4 Å². The highest BCUT2D eigenvalue weighted by Crippen LogP contribution is 2.24. The number of hydrogen-bond acceptors (Lipinski definition) is 2. The molecule has 0 amide bonds. The van der Waals surface area contributed by atoms with Gasteiger partial charge in [-0.25, -0.2) is 0 Å². The topological polar surface area (TPSA) is 18.5 Å². The molecular formula is C12H13BrClF3O2. The molecule has 0 fully saturated rings. The van der Waals surface area contributed by atoms with E-state index in [1.165, 1.54) is 0 Å². The van der Waals surface area contributed by atoms with E-state index in [-0.39, 0.29) is 13.2 Å². The lowest BCUT2D eigenvalue weighted by Crippen LogP contribution is -2.18. The molecule has 0 unspecified atom stereocenters. The summed E-state index contributed by atoms with van der Waals surface area (Å²) in [5.41, 5.74) is 0.826. The molecule has 0 spiro atoms. The van der Waals surface area contributed by atoms with Crippen molar-refractivity contribution in [3.63, 3.8) is 0 Å². The van der Waals surface area contributed by atoms with Gasteiger partial charge in [-0.05, 0) is 18.2 Å². The number of ether oxygens (including phenoxy) is 2. The summed E-state index contributed by atoms with van der Waals surface area (Å²) in [6.45, 7) is -0.937. The Kier molecular flexibility index (Phi) is 6.96. The first-order valence-corrected chi connectivity index (χ1v) is 6.87. The van der Waals surface area contributed by atoms with E-state index in [2.05, 4.69) is 20.7 Å². The lowest BCUT2D eigenvalue weighted by molar-refractivity contribution is -0.174. The summed E-state index contributed by atoms with van der Waals surface area (Å²) in [6, 6.07) is 5.41. The monoisotopic (exact) mass is 360 g/mol. The molecule has 0 radical (unpaired) electrons. The SMILES string of the molecule is FC(F)(F)COCCCOc1ccc(Br)cc1CCl. The van der Waals surface area contributed by atoms with Gasteiger partial charge >= 0.3 is 6.18 Å². The second-order valence-corrected chi connectivity index (χ2v) is 4.94. The summed E-state index contributed by atoms with van der Waals surface area (Å²) in [5, 5.41) is 0. The molecule has 0 aromatic heterocycles. The molecule has 0 aliphatic rings. The van der Waals surface area contributed by atoms with Gasteiger partial charge in [0.2, 0.25) is 0 Å². The van der Waals surface area contributed by atoms with Crippen LogP contribution in [0.4, 0.5) is 13.2 Å². The van der Waals surface area contributed by atoms with E-state index in [4.69, 9.17) is 16.3 Å². The molecule has 7 heteroatoms. The van der Waals surface area contributed by atoms with E-state index in [1.807, 2.05) is 12.1 Å². The zero-order valence-corrected chi connectivity index (χ0v) is 12.3. The third-order valence-electron chi connectivity index (χ3n) is 2.12. The van der Waals surface area contributed by atoms with Gasteiger partial charge in [0.15, 0.2) is 0 Å². The first-order chi connectivity index (χ1) is 8.92. The molecule has 0 N–H and O–H groups in total. The lowest BCUT2D eigenvalue weighted by atomic mass is 10.2. The van der Waals surface area contributed by atoms with Crippen LogP contribution in [0, 0.1) is 0 Å². The Morgan fingerprint density at radius 3 is 2.58 bits per heavy atom. The fourth-order valence-electron chi connectivity index (χ4n) is 1.32. The Morgan fingerprint density at radius 1 is 1.21 bits per heavy atom. The first kappa shape index (κ1) is 16.6. The number of hydrogen-bond donors (Lipinski definition) is 0. The quantitative estimate of drug-likeness (QED) is 0.524. The summed E-state index contributed by atoms with van der Waals surface area (Å²) in [7, 11) is 0. The lowest BCUT2D eigenvalue weighted by Gasteiger charge is -2.11. The minimum atomic E-state index is -4.28. The Labute approximate surface area is 123 Å². The highest BCUT2D eigenvalue weighted by molar-refractivity contribution is 9.10. The van der Waals surface area contributed by atoms with Crippen molar-refractivity contribution in [1.82, 2.24) is 0 Å². The van der Waals surface area contributed by atoms with Crippen molar-refractivity contribution < 1.29 is 22.6 Å². The third kappa shape index (κ3) is 7.03. The smallest absolute Gasteiger partial charge is 0.411 e. The van der Waals surface area contributed by atoms with Crippen molar-refractivity contribution in [2.75, 3.05) is 19.8 Å². The van der Waals surface area contributed by atoms with E-state index in [1.54, 1.807) is 6.07 Å². The van der Waals surface area contributed by atoms with Crippen molar-refractivity contribution in [2.24, 2.45) is 0 Å². The van der Waals surface area contributed by atoms with Crippen LogP contribution in [-0.4, -0.2) is 26.0 Å². The van der Waals surface area contributed by atoms with Gasteiger partial charge < -0.3 is 9.47 Å². The van der Waals surface area contributed by atoms with Gasteiger partial charge in [0.25, 0.3) is 0 Å². The fourth-order valence-corrected chi connectivity index (χ4v) is 1.94. The normalized spacial score (nSPS) is 11.6. The highest BCUT2D eigenvalue weighted by Gasteiger charge is 2.27. The van der Waals surface area contributed by atoms with Crippen LogP contribution in [0.1, 0.15) is 12.0 Å². The van der Waals surface area contributed by atoms with Gasteiger partial charge in [-0.3, -0.25) is 0 Å². The molecular weight excluding hydrogens is 348 g/mol. The average Bonchev–Trinajstić information content (AvgIpc) is 2.33. The Balaban J connectivity index is 2.26. The van der Waals surface area contributed by atoms with E-state index in [9.17, 15) is 13.2 Å². The minimum absolute atomic E-state index is 0.00620. The average molecular weight is 362 g/mol. The van der Waals surface area contributed by atoms with E-state index in [0.717, 1.165) is 10.0 Å². The van der Waals surface area contributed by atoms with Crippen molar-refractivity contribution >= 4 is 27.5 Å². The third-order valence-corrected chi connectivity index (χ3v) is 2.90. The van der Waals surface area contributed by atoms with Crippen molar-refractivity contribution in [3.8, 4) is 5.75 Å². The maximum Gasteiger partial charge on any atom is 0.411 e. The van der Waals surface area contributed by atoms with Gasteiger partial charge in [0, 0.05) is 16.5 Å². The van der Waals surface area contributed by atoms with Gasteiger partial charge in [-0.2, -0.15) is 13.2 Å². The fraction of sp³-hybridized carbons (Fsp3) is 0.500. The molecule has 0 atom stereocenters. The number of halogens is 5. The van der Waals surface area contributed by atoms with Crippen molar-refractivity contribution in [3.05, 3.63) is 28.2 Å². The molecule has 108 valence electrons. The number of benzene rings is 1. The van der Waals surface area contributed by atoms with Gasteiger partial charge in [0.05, 0.1) is 19.1 Å². The molecule has 0 bridgehead atoms. The minimum Gasteiger partial charge on any atom is -0.493 e. The number of alkyl halides is 4. The highest BCUT2D eigenvalue weighted by atomic mass is 79.9. The Bertz CT molecular complexity index is 399. The summed E-state index contributed by atoms with van der Waals surface area (Å²) < 4.78 is 46.2. The summed E-state index contributed by atoms with van der Waals surface area (Å²) in [4.78, 5) is 0. The molecule has 1 aromatic rings. The molecule has 19 heavy (non-hydrogen) atoms. The van der Waals surface area contributed by atoms with E-state index in [0.29, 0.717) is 18.1 Å². The Hall–Kier alpha value is -0.460. The van der Waals surface area contributed by atoms with Crippen LogP contribution in [0.15, 0.2) is 22.7 Å². The van der Waals surface area contributed by atoms with Gasteiger partial charge in [-0.15, -0.1) is 11.6 Å². The Morgan fingerprint density at radius 2 is 1.95 bits per heavy atom. The van der Waals surface area contributed by atoms with Gasteiger partial charge in [-0.1, -0.05) is 15.9 Å². The summed E-state index contributed by atoms with van der Waals surface area (Å²) in [6.07, 6.45) is -3.90. The zero-order chi connectivity index (χ0) is 14.3. The maximum atomic E-state index is 11.8. The molecule has 1 aromatic carbocycles. The molecule has 0 saturated heterocycles. The molecule has 2 nitrogen and oxygen atoms in total. The van der Waals surface area contributed by atoms with Crippen LogP contribution >= 0.6 is 27.5 Å². The van der Waals surface area contributed by atoms with Crippen LogP contribution in [0.25, 0.3) is 0 Å². The number of rotatable bonds is 7. The van der Waals surface area contributed by atoms with E-state index < -0.39 is 12.8 Å². The predicted molar refractivity (Wildman–Crippen MR) is 70.7 cm³/mol. The molecule has 0 saturated carbocycles. The van der Waals surface area contributed by atoms with Crippen LogP contribution in [0.5, 0.6) is 5.75 Å². The second-order valence-electron chi connectivity index (χ2n) is 3.76. The molecule has 0 aliphatic heterocycles. The molecule has 1 rings (SSSR count). The van der Waals surface area contributed by atoms with Crippen molar-refractivity contribution in [1.29, 1.82) is 0 Å². The molecule has 0 heterocycles. The summed E-state index contributed by atoms with van der Waals surface area (Å²) in [5.74, 6) is 0.938. The van der Waals surface area contributed by atoms with E-state index >= 15 is 0 Å².